The highest BCUT2D eigenvalue weighted by atomic mass is 19.1. The molecule has 0 aliphatic carbocycles. The van der Waals surface area contributed by atoms with Crippen LogP contribution in [-0.4, -0.2) is 30.1 Å². The number of benzene rings is 3. The van der Waals surface area contributed by atoms with Crippen molar-refractivity contribution in [1.29, 1.82) is 0 Å². The van der Waals surface area contributed by atoms with Crippen molar-refractivity contribution < 1.29 is 18.7 Å². The third-order valence-electron chi connectivity index (χ3n) is 6.34. The summed E-state index contributed by atoms with van der Waals surface area (Å²) in [5, 5.41) is 7.06. The zero-order valence-electron chi connectivity index (χ0n) is 21.6. The van der Waals surface area contributed by atoms with E-state index in [1.54, 1.807) is 50.9 Å². The molecule has 0 fully saturated rings. The molecular formula is C31H27FN4O3. The third-order valence-corrected chi connectivity index (χ3v) is 6.34. The molecule has 0 spiro atoms. The Kier molecular flexibility index (Phi) is 7.63. The molecule has 0 saturated carbocycles. The van der Waals surface area contributed by atoms with Crippen molar-refractivity contribution in [3.8, 4) is 11.5 Å². The van der Waals surface area contributed by atoms with Gasteiger partial charge in [0.25, 0.3) is 5.91 Å². The van der Waals surface area contributed by atoms with Gasteiger partial charge in [-0.2, -0.15) is 0 Å². The van der Waals surface area contributed by atoms with Crippen molar-refractivity contribution in [2.24, 2.45) is 0 Å². The smallest absolute Gasteiger partial charge is 0.255 e. The minimum Gasteiger partial charge on any atom is -0.493 e. The molecule has 0 aliphatic rings. The first-order valence-electron chi connectivity index (χ1n) is 12.4. The maximum absolute atomic E-state index is 13.5. The van der Waals surface area contributed by atoms with Crippen molar-refractivity contribution in [2.75, 3.05) is 19.5 Å². The number of amides is 1. The van der Waals surface area contributed by atoms with Crippen LogP contribution in [0.15, 0.2) is 91.3 Å². The van der Waals surface area contributed by atoms with E-state index in [0.29, 0.717) is 34.9 Å². The van der Waals surface area contributed by atoms with Gasteiger partial charge in [0, 0.05) is 36.1 Å². The van der Waals surface area contributed by atoms with Crippen LogP contribution < -0.4 is 20.1 Å². The Bertz CT molecular complexity index is 1620. The SMILES string of the molecule is COc1cc2nccc(Cc3ccc(Nc4ncccc4C(=O)NCc4cccc(F)c4)cc3)c2cc1OC. The van der Waals surface area contributed by atoms with Crippen molar-refractivity contribution >= 4 is 28.3 Å². The Morgan fingerprint density at radius 2 is 1.64 bits per heavy atom. The normalized spacial score (nSPS) is 10.7. The molecule has 39 heavy (non-hydrogen) atoms. The Labute approximate surface area is 225 Å². The van der Waals surface area contributed by atoms with Crippen LogP contribution in [-0.2, 0) is 13.0 Å². The summed E-state index contributed by atoms with van der Waals surface area (Å²) in [7, 11) is 3.23. The minimum absolute atomic E-state index is 0.210. The number of fused-ring (bicyclic) bond motifs is 1. The number of ether oxygens (including phenoxy) is 2. The maximum atomic E-state index is 13.5. The molecule has 5 aromatic rings. The summed E-state index contributed by atoms with van der Waals surface area (Å²) in [6, 6.07) is 23.3. The fraction of sp³-hybridized carbons (Fsp3) is 0.129. The molecule has 7 nitrogen and oxygen atoms in total. The number of hydrogen-bond donors (Lipinski definition) is 2. The summed E-state index contributed by atoms with van der Waals surface area (Å²) in [5.41, 5.74) is 4.92. The zero-order chi connectivity index (χ0) is 27.2. The van der Waals surface area contributed by atoms with Gasteiger partial charge >= 0.3 is 0 Å². The molecule has 0 bridgehead atoms. The second kappa shape index (κ2) is 11.6. The Hall–Kier alpha value is -4.98. The Morgan fingerprint density at radius 1 is 0.846 bits per heavy atom. The van der Waals surface area contributed by atoms with E-state index in [-0.39, 0.29) is 18.3 Å². The predicted octanol–water partition coefficient (Wildman–Crippen LogP) is 6.05. The van der Waals surface area contributed by atoms with Crippen LogP contribution in [0.2, 0.25) is 0 Å². The highest BCUT2D eigenvalue weighted by Gasteiger charge is 2.13. The number of carbonyl (C=O) groups is 1. The number of carbonyl (C=O) groups excluding carboxylic acids is 1. The van der Waals surface area contributed by atoms with E-state index in [2.05, 4.69) is 20.6 Å². The second-order valence-corrected chi connectivity index (χ2v) is 8.91. The quantitative estimate of drug-likeness (QED) is 0.245. The van der Waals surface area contributed by atoms with E-state index in [1.807, 2.05) is 42.5 Å². The first kappa shape index (κ1) is 25.7. The molecular weight excluding hydrogens is 495 g/mol. The van der Waals surface area contributed by atoms with E-state index in [9.17, 15) is 9.18 Å². The number of pyridine rings is 2. The van der Waals surface area contributed by atoms with Gasteiger partial charge in [-0.25, -0.2) is 9.37 Å². The van der Waals surface area contributed by atoms with Crippen LogP contribution in [0.4, 0.5) is 15.9 Å². The van der Waals surface area contributed by atoms with Gasteiger partial charge in [-0.1, -0.05) is 24.3 Å². The summed E-state index contributed by atoms with van der Waals surface area (Å²) in [4.78, 5) is 21.7. The first-order chi connectivity index (χ1) is 19.0. The summed E-state index contributed by atoms with van der Waals surface area (Å²) in [5.74, 6) is 1.09. The number of rotatable bonds is 9. The molecule has 2 aromatic heterocycles. The van der Waals surface area contributed by atoms with Gasteiger partial charge in [0.2, 0.25) is 0 Å². The van der Waals surface area contributed by atoms with Gasteiger partial charge in [0.1, 0.15) is 11.6 Å². The lowest BCUT2D eigenvalue weighted by Crippen LogP contribution is -2.24. The molecule has 8 heteroatoms. The Balaban J connectivity index is 1.30. The fourth-order valence-electron chi connectivity index (χ4n) is 4.36. The number of anilines is 2. The van der Waals surface area contributed by atoms with Crippen molar-refractivity contribution in [3.63, 3.8) is 0 Å². The van der Waals surface area contributed by atoms with E-state index in [4.69, 9.17) is 9.47 Å². The number of nitrogens with zero attached hydrogens (tertiary/aromatic N) is 2. The summed E-state index contributed by atoms with van der Waals surface area (Å²) in [6.45, 7) is 0.210. The maximum Gasteiger partial charge on any atom is 0.255 e. The topological polar surface area (TPSA) is 85.4 Å². The van der Waals surface area contributed by atoms with Gasteiger partial charge in [0.15, 0.2) is 11.5 Å². The van der Waals surface area contributed by atoms with Crippen molar-refractivity contribution in [3.05, 3.63) is 119 Å². The monoisotopic (exact) mass is 522 g/mol. The van der Waals surface area contributed by atoms with Gasteiger partial charge in [-0.3, -0.25) is 9.78 Å². The zero-order valence-corrected chi connectivity index (χ0v) is 21.6. The molecule has 1 amide bonds. The molecule has 3 aromatic carbocycles. The first-order valence-corrected chi connectivity index (χ1v) is 12.4. The van der Waals surface area contributed by atoms with Crippen LogP contribution in [0, 0.1) is 5.82 Å². The van der Waals surface area contributed by atoms with Crippen LogP contribution in [0.5, 0.6) is 11.5 Å². The number of methoxy groups -OCH3 is 2. The van der Waals surface area contributed by atoms with E-state index in [1.165, 1.54) is 12.1 Å². The van der Waals surface area contributed by atoms with Crippen LogP contribution in [0.25, 0.3) is 10.9 Å². The van der Waals surface area contributed by atoms with E-state index < -0.39 is 0 Å². The molecule has 0 saturated heterocycles. The summed E-state index contributed by atoms with van der Waals surface area (Å²) in [6.07, 6.45) is 4.12. The molecule has 5 rings (SSSR count). The summed E-state index contributed by atoms with van der Waals surface area (Å²) < 4.78 is 24.3. The number of hydrogen-bond acceptors (Lipinski definition) is 6. The predicted molar refractivity (Wildman–Crippen MR) is 149 cm³/mol. The Morgan fingerprint density at radius 3 is 2.41 bits per heavy atom. The number of aromatic nitrogens is 2. The largest absolute Gasteiger partial charge is 0.493 e. The fourth-order valence-corrected chi connectivity index (χ4v) is 4.36. The molecule has 0 unspecified atom stereocenters. The average molecular weight is 523 g/mol. The molecule has 196 valence electrons. The van der Waals surface area contributed by atoms with Crippen molar-refractivity contribution in [1.82, 2.24) is 15.3 Å². The van der Waals surface area contributed by atoms with Crippen LogP contribution in [0.3, 0.4) is 0 Å². The second-order valence-electron chi connectivity index (χ2n) is 8.91. The van der Waals surface area contributed by atoms with Crippen LogP contribution in [0.1, 0.15) is 27.0 Å². The van der Waals surface area contributed by atoms with Crippen molar-refractivity contribution in [2.45, 2.75) is 13.0 Å². The summed E-state index contributed by atoms with van der Waals surface area (Å²) >= 11 is 0. The highest BCUT2D eigenvalue weighted by molar-refractivity contribution is 5.99. The minimum atomic E-state index is -0.342. The molecule has 0 radical (unpaired) electrons. The lowest BCUT2D eigenvalue weighted by atomic mass is 10.0. The molecule has 2 N–H and O–H groups in total. The highest BCUT2D eigenvalue weighted by Crippen LogP contribution is 2.33. The number of halogens is 1. The lowest BCUT2D eigenvalue weighted by Gasteiger charge is -2.13. The van der Waals surface area contributed by atoms with Gasteiger partial charge < -0.3 is 20.1 Å². The number of nitrogens with one attached hydrogen (secondary N) is 2. The average Bonchev–Trinajstić information content (AvgIpc) is 2.96. The van der Waals surface area contributed by atoms with Gasteiger partial charge in [-0.05, 0) is 71.6 Å². The lowest BCUT2D eigenvalue weighted by molar-refractivity contribution is 0.0951. The molecule has 0 atom stereocenters. The molecule has 0 aliphatic heterocycles. The van der Waals surface area contributed by atoms with Gasteiger partial charge in [-0.15, -0.1) is 0 Å². The van der Waals surface area contributed by atoms with E-state index in [0.717, 1.165) is 27.7 Å². The van der Waals surface area contributed by atoms with Gasteiger partial charge in [0.05, 0.1) is 25.3 Å². The third kappa shape index (κ3) is 5.96. The standard InChI is InChI=1S/C31H27FN4O3/c1-38-28-17-26-22(12-14-33-27(26)18-29(28)39-2)15-20-8-10-24(11-9-20)36-30-25(7-4-13-34-30)31(37)35-19-21-5-3-6-23(32)16-21/h3-14,16-18H,15,19H2,1-2H3,(H,34,36)(H,35,37). The van der Waals surface area contributed by atoms with E-state index >= 15 is 0 Å². The van der Waals surface area contributed by atoms with Crippen LogP contribution >= 0.6 is 0 Å². The molecule has 2 heterocycles.